The molecule has 0 aromatic heterocycles. The molecule has 18 heavy (non-hydrogen) atoms. The minimum atomic E-state index is -1.20. The molecule has 100 valence electrons. The van der Waals surface area contributed by atoms with E-state index in [1.807, 2.05) is 6.92 Å². The van der Waals surface area contributed by atoms with Crippen LogP contribution < -0.4 is 5.46 Å². The van der Waals surface area contributed by atoms with E-state index < -0.39 is 18.3 Å². The summed E-state index contributed by atoms with van der Waals surface area (Å²) < 4.78 is 5.49. The number of aromatic hydroxyl groups is 1. The van der Waals surface area contributed by atoms with E-state index in [-0.39, 0.29) is 5.75 Å². The van der Waals surface area contributed by atoms with E-state index in [9.17, 15) is 15.2 Å². The van der Waals surface area contributed by atoms with Gasteiger partial charge in [-0.25, -0.2) is 0 Å². The lowest BCUT2D eigenvalue weighted by Gasteiger charge is -2.38. The van der Waals surface area contributed by atoms with Crippen LogP contribution in [0, 0.1) is 6.92 Å². The molecule has 0 aliphatic rings. The van der Waals surface area contributed by atoms with Gasteiger partial charge in [-0.1, -0.05) is 6.07 Å². The summed E-state index contributed by atoms with van der Waals surface area (Å²) in [5, 5.41) is 29.5. The Morgan fingerprint density at radius 2 is 1.67 bits per heavy atom. The van der Waals surface area contributed by atoms with Gasteiger partial charge in [0.1, 0.15) is 5.75 Å². The van der Waals surface area contributed by atoms with E-state index in [0.717, 1.165) is 5.56 Å². The topological polar surface area (TPSA) is 69.9 Å². The summed E-state index contributed by atoms with van der Waals surface area (Å²) in [4.78, 5) is 0. The van der Waals surface area contributed by atoms with Gasteiger partial charge in [0.2, 0.25) is 0 Å². The van der Waals surface area contributed by atoms with Crippen molar-refractivity contribution in [1.29, 1.82) is 0 Å². The highest BCUT2D eigenvalue weighted by molar-refractivity contribution is 6.60. The van der Waals surface area contributed by atoms with Gasteiger partial charge in [-0.2, -0.15) is 0 Å². The fourth-order valence-corrected chi connectivity index (χ4v) is 1.43. The molecule has 0 spiro atoms. The third kappa shape index (κ3) is 3.48. The lowest BCUT2D eigenvalue weighted by molar-refractivity contribution is -0.0982. The van der Waals surface area contributed by atoms with E-state index in [1.54, 1.807) is 39.8 Å². The Bertz CT molecular complexity index is 403. The van der Waals surface area contributed by atoms with E-state index in [2.05, 4.69) is 0 Å². The summed E-state index contributed by atoms with van der Waals surface area (Å²) in [5.41, 5.74) is -0.732. The van der Waals surface area contributed by atoms with Crippen molar-refractivity contribution >= 4 is 12.6 Å². The van der Waals surface area contributed by atoms with Gasteiger partial charge in [0.15, 0.2) is 0 Å². The number of phenolic OH excluding ortho intramolecular Hbond substituents is 1. The predicted molar refractivity (Wildman–Crippen MR) is 71.9 cm³/mol. The summed E-state index contributed by atoms with van der Waals surface area (Å²) in [5.74, 6) is 0.0775. The number of benzene rings is 1. The Kier molecular flexibility index (Phi) is 4.10. The Balaban J connectivity index is 2.92. The quantitative estimate of drug-likeness (QED) is 0.698. The molecular formula is C13H21BO4. The van der Waals surface area contributed by atoms with Crippen LogP contribution in [-0.2, 0) is 4.65 Å². The van der Waals surface area contributed by atoms with Gasteiger partial charge in [0, 0.05) is 0 Å². The number of aryl methyl sites for hydroxylation is 1. The predicted octanol–water partition coefficient (Wildman–Crippen LogP) is 0.954. The smallest absolute Gasteiger partial charge is 0.491 e. The molecule has 0 saturated heterocycles. The molecule has 0 amide bonds. The molecular weight excluding hydrogens is 231 g/mol. The van der Waals surface area contributed by atoms with E-state index in [0.29, 0.717) is 5.46 Å². The van der Waals surface area contributed by atoms with Gasteiger partial charge in [0.25, 0.3) is 0 Å². The molecule has 1 aromatic carbocycles. The van der Waals surface area contributed by atoms with Crippen LogP contribution in [0.25, 0.3) is 0 Å². The van der Waals surface area contributed by atoms with Crippen molar-refractivity contribution in [3.8, 4) is 5.75 Å². The molecule has 1 rings (SSSR count). The second kappa shape index (κ2) is 4.92. The summed E-state index contributed by atoms with van der Waals surface area (Å²) in [6.07, 6.45) is 0. The Morgan fingerprint density at radius 3 is 2.11 bits per heavy atom. The minimum Gasteiger partial charge on any atom is -0.508 e. The SMILES string of the molecule is Cc1cc(O)cc(B(O)OC(C)(C)C(C)(C)O)c1. The van der Waals surface area contributed by atoms with E-state index in [1.165, 1.54) is 6.07 Å². The second-order valence-corrected chi connectivity index (χ2v) is 5.64. The fourth-order valence-electron chi connectivity index (χ4n) is 1.43. The second-order valence-electron chi connectivity index (χ2n) is 5.64. The van der Waals surface area contributed by atoms with Gasteiger partial charge < -0.3 is 19.9 Å². The van der Waals surface area contributed by atoms with Crippen molar-refractivity contribution in [2.24, 2.45) is 0 Å². The first-order chi connectivity index (χ1) is 8.03. The molecule has 1 aromatic rings. The molecule has 0 bridgehead atoms. The van der Waals surface area contributed by atoms with Crippen molar-refractivity contribution in [3.05, 3.63) is 23.8 Å². The molecule has 0 unspecified atom stereocenters. The molecule has 4 nitrogen and oxygen atoms in total. The lowest BCUT2D eigenvalue weighted by Crippen LogP contribution is -2.53. The number of aliphatic hydroxyl groups is 1. The Labute approximate surface area is 108 Å². The number of phenols is 1. The summed E-state index contributed by atoms with van der Waals surface area (Å²) >= 11 is 0. The molecule has 0 atom stereocenters. The van der Waals surface area contributed by atoms with Crippen LogP contribution in [0.4, 0.5) is 0 Å². The number of hydrogen-bond donors (Lipinski definition) is 3. The first kappa shape index (κ1) is 15.0. The fraction of sp³-hybridized carbons (Fsp3) is 0.538. The zero-order valence-electron chi connectivity index (χ0n) is 11.6. The van der Waals surface area contributed by atoms with Crippen molar-refractivity contribution in [2.45, 2.75) is 45.8 Å². The maximum atomic E-state index is 10.0. The molecule has 5 heteroatoms. The molecule has 0 aliphatic carbocycles. The number of hydrogen-bond acceptors (Lipinski definition) is 4. The zero-order chi connectivity index (χ0) is 14.1. The monoisotopic (exact) mass is 252 g/mol. The third-order valence-corrected chi connectivity index (χ3v) is 3.25. The molecule has 3 N–H and O–H groups in total. The minimum absolute atomic E-state index is 0.0775. The van der Waals surface area contributed by atoms with Crippen LogP contribution in [0.1, 0.15) is 33.3 Å². The van der Waals surface area contributed by atoms with Crippen LogP contribution in [0.5, 0.6) is 5.75 Å². The zero-order valence-corrected chi connectivity index (χ0v) is 11.6. The molecule has 0 radical (unpaired) electrons. The van der Waals surface area contributed by atoms with Crippen LogP contribution in [0.15, 0.2) is 18.2 Å². The van der Waals surface area contributed by atoms with Crippen molar-refractivity contribution < 1.29 is 19.9 Å². The average Bonchev–Trinajstić information content (AvgIpc) is 2.13. The van der Waals surface area contributed by atoms with Gasteiger partial charge in [-0.3, -0.25) is 0 Å². The Hall–Kier alpha value is -1.04. The first-order valence-corrected chi connectivity index (χ1v) is 5.92. The first-order valence-electron chi connectivity index (χ1n) is 5.92. The van der Waals surface area contributed by atoms with Crippen LogP contribution in [-0.4, -0.2) is 33.6 Å². The summed E-state index contributed by atoms with van der Waals surface area (Å²) in [7, 11) is -1.20. The highest BCUT2D eigenvalue weighted by Crippen LogP contribution is 2.25. The summed E-state index contributed by atoms with van der Waals surface area (Å²) in [6, 6.07) is 4.76. The van der Waals surface area contributed by atoms with Gasteiger partial charge >= 0.3 is 7.12 Å². The molecule has 0 heterocycles. The van der Waals surface area contributed by atoms with Gasteiger partial charge in [0.05, 0.1) is 11.2 Å². The third-order valence-electron chi connectivity index (χ3n) is 3.25. The maximum Gasteiger partial charge on any atom is 0.491 e. The molecule has 0 saturated carbocycles. The highest BCUT2D eigenvalue weighted by atomic mass is 16.5. The standard InChI is InChI=1S/C13H21BO4/c1-9-6-10(8-11(15)7-9)14(17)18-13(4,5)12(2,3)16/h6-8,15-17H,1-5H3. The highest BCUT2D eigenvalue weighted by Gasteiger charge is 2.39. The summed E-state index contributed by atoms with van der Waals surface area (Å²) in [6.45, 7) is 8.45. The van der Waals surface area contributed by atoms with Crippen molar-refractivity contribution in [2.75, 3.05) is 0 Å². The lowest BCUT2D eigenvalue weighted by atomic mass is 9.76. The van der Waals surface area contributed by atoms with Crippen molar-refractivity contribution in [3.63, 3.8) is 0 Å². The molecule has 0 fully saturated rings. The average molecular weight is 252 g/mol. The molecule has 0 aliphatic heterocycles. The largest absolute Gasteiger partial charge is 0.508 e. The van der Waals surface area contributed by atoms with Gasteiger partial charge in [-0.05, 0) is 57.8 Å². The van der Waals surface area contributed by atoms with E-state index >= 15 is 0 Å². The maximum absolute atomic E-state index is 10.0. The normalized spacial score (nSPS) is 12.6. The van der Waals surface area contributed by atoms with Crippen LogP contribution >= 0.6 is 0 Å². The van der Waals surface area contributed by atoms with Gasteiger partial charge in [-0.15, -0.1) is 0 Å². The van der Waals surface area contributed by atoms with E-state index in [4.69, 9.17) is 4.65 Å². The van der Waals surface area contributed by atoms with Crippen molar-refractivity contribution in [1.82, 2.24) is 0 Å². The number of rotatable bonds is 4. The van der Waals surface area contributed by atoms with Crippen LogP contribution in [0.3, 0.4) is 0 Å². The Morgan fingerprint density at radius 1 is 1.11 bits per heavy atom. The van der Waals surface area contributed by atoms with Crippen LogP contribution in [0.2, 0.25) is 0 Å².